The van der Waals surface area contributed by atoms with Crippen LogP contribution in [0.2, 0.25) is 0 Å². The maximum Gasteiger partial charge on any atom is 0.387 e. The van der Waals surface area contributed by atoms with E-state index in [1.165, 1.54) is 24.3 Å². The van der Waals surface area contributed by atoms with E-state index in [9.17, 15) is 13.6 Å². The van der Waals surface area contributed by atoms with Crippen molar-refractivity contribution in [2.24, 2.45) is 0 Å². The maximum absolute atomic E-state index is 12.0. The summed E-state index contributed by atoms with van der Waals surface area (Å²) in [7, 11) is 0. The normalized spacial score (nSPS) is 12.0. The zero-order valence-electron chi connectivity index (χ0n) is 11.3. The van der Waals surface area contributed by atoms with Gasteiger partial charge in [0.25, 0.3) is 5.91 Å². The van der Waals surface area contributed by atoms with Crippen LogP contribution in [0.4, 0.5) is 8.78 Å². The highest BCUT2D eigenvalue weighted by Crippen LogP contribution is 2.16. The molecular weight excluding hydrogens is 278 g/mol. The van der Waals surface area contributed by atoms with Crippen molar-refractivity contribution in [1.29, 1.82) is 0 Å². The summed E-state index contributed by atoms with van der Waals surface area (Å²) in [6.07, 6.45) is 1.65. The summed E-state index contributed by atoms with van der Waals surface area (Å²) in [6.45, 7) is -1.07. The van der Waals surface area contributed by atoms with Crippen LogP contribution >= 0.6 is 0 Å². The molecule has 1 N–H and O–H groups in total. The Balaban J connectivity index is 2.00. The fraction of sp³-hybridized carbons (Fsp3) is 0.200. The Morgan fingerprint density at radius 2 is 1.90 bits per heavy atom. The van der Waals surface area contributed by atoms with E-state index in [-0.39, 0.29) is 17.7 Å². The molecule has 1 heterocycles. The predicted molar refractivity (Wildman–Crippen MR) is 73.2 cm³/mol. The van der Waals surface area contributed by atoms with E-state index in [0.29, 0.717) is 5.56 Å². The summed E-state index contributed by atoms with van der Waals surface area (Å²) < 4.78 is 28.3. The standard InChI is InChI=1S/C15H14F2N2O2/c1-10(13-4-2-3-9-18-13)19-14(20)11-5-7-12(8-6-11)21-15(16)17/h2-10,15H,1H3,(H,19,20). The molecular formula is C15H14F2N2O2. The second kappa shape index (κ2) is 6.78. The van der Waals surface area contributed by atoms with Crippen LogP contribution in [0, 0.1) is 0 Å². The van der Waals surface area contributed by atoms with E-state index < -0.39 is 6.61 Å². The number of amides is 1. The van der Waals surface area contributed by atoms with Crippen molar-refractivity contribution in [3.8, 4) is 5.75 Å². The van der Waals surface area contributed by atoms with Gasteiger partial charge in [0.2, 0.25) is 0 Å². The third-order valence-electron chi connectivity index (χ3n) is 2.82. The highest BCUT2D eigenvalue weighted by Gasteiger charge is 2.12. The molecule has 0 bridgehead atoms. The molecule has 0 spiro atoms. The van der Waals surface area contributed by atoms with Crippen molar-refractivity contribution >= 4 is 5.91 Å². The van der Waals surface area contributed by atoms with Gasteiger partial charge in [-0.15, -0.1) is 0 Å². The van der Waals surface area contributed by atoms with Gasteiger partial charge < -0.3 is 10.1 Å². The molecule has 2 aromatic rings. The van der Waals surface area contributed by atoms with E-state index in [4.69, 9.17) is 0 Å². The SMILES string of the molecule is CC(NC(=O)c1ccc(OC(F)F)cc1)c1ccccn1. The Morgan fingerprint density at radius 1 is 1.19 bits per heavy atom. The van der Waals surface area contributed by atoms with E-state index in [1.807, 2.05) is 19.1 Å². The number of hydrogen-bond donors (Lipinski definition) is 1. The summed E-state index contributed by atoms with van der Waals surface area (Å²) in [5.74, 6) is -0.295. The van der Waals surface area contributed by atoms with E-state index in [2.05, 4.69) is 15.0 Å². The lowest BCUT2D eigenvalue weighted by molar-refractivity contribution is -0.0498. The molecule has 1 amide bonds. The van der Waals surface area contributed by atoms with Crippen LogP contribution in [0.5, 0.6) is 5.75 Å². The first kappa shape index (κ1) is 14.9. The maximum atomic E-state index is 12.0. The number of nitrogens with zero attached hydrogens (tertiary/aromatic N) is 1. The lowest BCUT2D eigenvalue weighted by atomic mass is 10.1. The lowest BCUT2D eigenvalue weighted by Gasteiger charge is -2.13. The monoisotopic (exact) mass is 292 g/mol. The Labute approximate surface area is 120 Å². The van der Waals surface area contributed by atoms with Gasteiger partial charge >= 0.3 is 6.61 Å². The number of hydrogen-bond acceptors (Lipinski definition) is 3. The van der Waals surface area contributed by atoms with E-state index >= 15 is 0 Å². The fourth-order valence-corrected chi connectivity index (χ4v) is 1.77. The average Bonchev–Trinajstić information content (AvgIpc) is 2.48. The highest BCUT2D eigenvalue weighted by molar-refractivity contribution is 5.94. The van der Waals surface area contributed by atoms with Gasteiger partial charge in [-0.25, -0.2) is 0 Å². The molecule has 1 atom stereocenters. The van der Waals surface area contributed by atoms with Gasteiger partial charge in [-0.05, 0) is 43.3 Å². The molecule has 1 aromatic heterocycles. The van der Waals surface area contributed by atoms with Crippen molar-refractivity contribution in [1.82, 2.24) is 10.3 Å². The number of carbonyl (C=O) groups is 1. The van der Waals surface area contributed by atoms with Crippen molar-refractivity contribution < 1.29 is 18.3 Å². The lowest BCUT2D eigenvalue weighted by Crippen LogP contribution is -2.27. The molecule has 6 heteroatoms. The van der Waals surface area contributed by atoms with Crippen LogP contribution < -0.4 is 10.1 Å². The molecule has 0 aliphatic heterocycles. The molecule has 0 aliphatic rings. The van der Waals surface area contributed by atoms with Gasteiger partial charge in [-0.2, -0.15) is 8.78 Å². The van der Waals surface area contributed by atoms with E-state index in [0.717, 1.165) is 5.69 Å². The van der Waals surface area contributed by atoms with Gasteiger partial charge in [0.15, 0.2) is 0 Å². The predicted octanol–water partition coefficient (Wildman–Crippen LogP) is 3.17. The number of ether oxygens (including phenoxy) is 1. The molecule has 0 radical (unpaired) electrons. The number of carbonyl (C=O) groups excluding carboxylic acids is 1. The molecule has 2 rings (SSSR count). The summed E-state index contributed by atoms with van der Waals surface area (Å²) in [4.78, 5) is 16.2. The summed E-state index contributed by atoms with van der Waals surface area (Å²) in [5.41, 5.74) is 1.10. The molecule has 0 fully saturated rings. The van der Waals surface area contributed by atoms with Crippen LogP contribution in [0.15, 0.2) is 48.7 Å². The van der Waals surface area contributed by atoms with Gasteiger partial charge in [0.1, 0.15) is 5.75 Å². The van der Waals surface area contributed by atoms with Crippen molar-refractivity contribution in [3.63, 3.8) is 0 Å². The Bertz CT molecular complexity index is 588. The van der Waals surface area contributed by atoms with Gasteiger partial charge in [0, 0.05) is 11.8 Å². The van der Waals surface area contributed by atoms with Crippen LogP contribution in [0.1, 0.15) is 29.0 Å². The first-order chi connectivity index (χ1) is 10.1. The number of nitrogens with one attached hydrogen (secondary N) is 1. The first-order valence-electron chi connectivity index (χ1n) is 6.33. The number of aromatic nitrogens is 1. The largest absolute Gasteiger partial charge is 0.435 e. The zero-order valence-corrected chi connectivity index (χ0v) is 11.3. The third kappa shape index (κ3) is 4.24. The molecule has 1 aromatic carbocycles. The Kier molecular flexibility index (Phi) is 4.81. The minimum absolute atomic E-state index is 0.0133. The number of benzene rings is 1. The van der Waals surface area contributed by atoms with Crippen LogP contribution in [0.3, 0.4) is 0 Å². The van der Waals surface area contributed by atoms with Crippen molar-refractivity contribution in [2.75, 3.05) is 0 Å². The van der Waals surface area contributed by atoms with Crippen molar-refractivity contribution in [3.05, 3.63) is 59.9 Å². The third-order valence-corrected chi connectivity index (χ3v) is 2.82. The number of alkyl halides is 2. The molecule has 21 heavy (non-hydrogen) atoms. The fourth-order valence-electron chi connectivity index (χ4n) is 1.77. The number of halogens is 2. The molecule has 4 nitrogen and oxygen atoms in total. The molecule has 1 unspecified atom stereocenters. The molecule has 110 valence electrons. The molecule has 0 saturated heterocycles. The topological polar surface area (TPSA) is 51.2 Å². The highest BCUT2D eigenvalue weighted by atomic mass is 19.3. The Morgan fingerprint density at radius 3 is 2.48 bits per heavy atom. The number of pyridine rings is 1. The van der Waals surface area contributed by atoms with Crippen molar-refractivity contribution in [2.45, 2.75) is 19.6 Å². The molecule has 0 aliphatic carbocycles. The van der Waals surface area contributed by atoms with Crippen LogP contribution in [-0.4, -0.2) is 17.5 Å². The minimum Gasteiger partial charge on any atom is -0.435 e. The smallest absolute Gasteiger partial charge is 0.387 e. The summed E-state index contributed by atoms with van der Waals surface area (Å²) in [5, 5.41) is 2.78. The molecule has 0 saturated carbocycles. The second-order valence-electron chi connectivity index (χ2n) is 4.35. The number of rotatable bonds is 5. The summed E-state index contributed by atoms with van der Waals surface area (Å²) >= 11 is 0. The zero-order chi connectivity index (χ0) is 15.2. The quantitative estimate of drug-likeness (QED) is 0.921. The average molecular weight is 292 g/mol. The second-order valence-corrected chi connectivity index (χ2v) is 4.35. The Hall–Kier alpha value is -2.50. The van der Waals surface area contributed by atoms with Crippen LogP contribution in [-0.2, 0) is 0 Å². The van der Waals surface area contributed by atoms with Gasteiger partial charge in [-0.3, -0.25) is 9.78 Å². The first-order valence-corrected chi connectivity index (χ1v) is 6.33. The van der Waals surface area contributed by atoms with Gasteiger partial charge in [0.05, 0.1) is 11.7 Å². The summed E-state index contributed by atoms with van der Waals surface area (Å²) in [6, 6.07) is 10.7. The van der Waals surface area contributed by atoms with Gasteiger partial charge in [-0.1, -0.05) is 6.07 Å². The van der Waals surface area contributed by atoms with E-state index in [1.54, 1.807) is 12.3 Å². The van der Waals surface area contributed by atoms with Crippen LogP contribution in [0.25, 0.3) is 0 Å². The minimum atomic E-state index is -2.88.